The molecule has 27 heavy (non-hydrogen) atoms. The molecule has 1 saturated heterocycles. The number of furan rings is 1. The molecular weight excluding hydrogens is 379 g/mol. The minimum atomic E-state index is -2.67. The Bertz CT molecular complexity index is 852. The lowest BCUT2D eigenvalue weighted by Crippen LogP contribution is -2.73. The molecule has 0 unspecified atom stereocenters. The number of carbonyl (C=O) groups excluding carboxylic acids is 2. The summed E-state index contributed by atoms with van der Waals surface area (Å²) in [5.41, 5.74) is 2.45. The van der Waals surface area contributed by atoms with E-state index in [2.05, 4.69) is 9.63 Å². The summed E-state index contributed by atoms with van der Waals surface area (Å²) in [6, 6.07) is 9.64. The quantitative estimate of drug-likeness (QED) is 0.173. The maximum absolute atomic E-state index is 12.1. The van der Waals surface area contributed by atoms with Gasteiger partial charge in [0.15, 0.2) is 5.69 Å². The highest BCUT2D eigenvalue weighted by molar-refractivity contribution is 7.39. The molecule has 2 aromatic rings. The zero-order valence-corrected chi connectivity index (χ0v) is 14.7. The number of quaternary nitrogens is 1. The second kappa shape index (κ2) is 8.35. The zero-order valence-electron chi connectivity index (χ0n) is 13.8. The third-order valence-electron chi connectivity index (χ3n) is 3.64. The minimum absolute atomic E-state index is 0.292. The number of imide groups is 1. The lowest BCUT2D eigenvalue weighted by atomic mass is 10.1. The first-order valence-corrected chi connectivity index (χ1v) is 8.79. The van der Waals surface area contributed by atoms with Crippen molar-refractivity contribution in [2.24, 2.45) is 5.10 Å². The molecule has 0 aliphatic carbocycles. The standard InChI is InChI=1S/C15H15N4O7P/c20-14-8-19(15(21)18(14)9-25-27(23)24)16-7-12-5-6-13(26-12)10-1-3-11(17-22)4-2-10/h1-7,17,22-24H,8-9H2/p+1/b16-7+. The van der Waals surface area contributed by atoms with E-state index >= 15 is 0 Å². The van der Waals surface area contributed by atoms with Gasteiger partial charge in [-0.05, 0) is 24.3 Å². The summed E-state index contributed by atoms with van der Waals surface area (Å²) in [5, 5.41) is 13.8. The fraction of sp³-hybridized carbons (Fsp3) is 0.133. The number of carbonyl (C=O) groups is 2. The molecule has 2 heterocycles. The van der Waals surface area contributed by atoms with Crippen molar-refractivity contribution in [1.82, 2.24) is 9.91 Å². The average Bonchev–Trinajstić information content (AvgIpc) is 3.23. The highest BCUT2D eigenvalue weighted by atomic mass is 31.2. The molecular formula is C15H16N4O7P+. The van der Waals surface area contributed by atoms with Gasteiger partial charge in [-0.1, -0.05) is 0 Å². The van der Waals surface area contributed by atoms with Crippen LogP contribution in [0.15, 0.2) is 45.9 Å². The Labute approximate surface area is 154 Å². The van der Waals surface area contributed by atoms with Crippen molar-refractivity contribution in [1.29, 1.82) is 0 Å². The van der Waals surface area contributed by atoms with Gasteiger partial charge in [-0.3, -0.25) is 9.32 Å². The summed E-state index contributed by atoms with van der Waals surface area (Å²) >= 11 is 0. The van der Waals surface area contributed by atoms with Gasteiger partial charge in [0.25, 0.3) is 5.91 Å². The van der Waals surface area contributed by atoms with Crippen molar-refractivity contribution < 1.29 is 39.0 Å². The van der Waals surface area contributed by atoms with E-state index in [1.54, 1.807) is 36.4 Å². The fourth-order valence-corrected chi connectivity index (χ4v) is 2.51. The van der Waals surface area contributed by atoms with E-state index in [1.165, 1.54) is 6.21 Å². The molecule has 0 atom stereocenters. The third-order valence-corrected chi connectivity index (χ3v) is 3.98. The van der Waals surface area contributed by atoms with Crippen molar-refractivity contribution in [3.8, 4) is 11.3 Å². The van der Waals surface area contributed by atoms with Crippen LogP contribution < -0.4 is 5.48 Å². The van der Waals surface area contributed by atoms with Crippen LogP contribution in [-0.4, -0.2) is 56.3 Å². The number of hydrazone groups is 1. The molecule has 11 nitrogen and oxygen atoms in total. The van der Waals surface area contributed by atoms with Gasteiger partial charge in [-0.15, -0.1) is 0 Å². The van der Waals surface area contributed by atoms with Gasteiger partial charge < -0.3 is 14.2 Å². The monoisotopic (exact) mass is 395 g/mol. The molecule has 1 aliphatic heterocycles. The second-order valence-corrected chi connectivity index (χ2v) is 6.13. The van der Waals surface area contributed by atoms with Crippen LogP contribution in [0, 0.1) is 0 Å². The van der Waals surface area contributed by atoms with Gasteiger partial charge in [-0.25, -0.2) is 19.9 Å². The summed E-state index contributed by atoms with van der Waals surface area (Å²) in [6.07, 6.45) is 1.29. The molecule has 1 fully saturated rings. The van der Waals surface area contributed by atoms with Crippen molar-refractivity contribution in [3.05, 3.63) is 42.2 Å². The normalized spacial score (nSPS) is 15.0. The van der Waals surface area contributed by atoms with Crippen LogP contribution in [-0.2, 0) is 9.32 Å². The largest absolute Gasteiger partial charge is 0.455 e. The number of nitrogens with two attached hydrogens (primary N) is 1. The molecule has 1 aliphatic rings. The Balaban J connectivity index is 1.65. The molecule has 142 valence electrons. The average molecular weight is 395 g/mol. The summed E-state index contributed by atoms with van der Waals surface area (Å²) in [4.78, 5) is 42.0. The first kappa shape index (κ1) is 19.1. The number of urea groups is 1. The summed E-state index contributed by atoms with van der Waals surface area (Å²) in [7, 11) is -2.67. The van der Waals surface area contributed by atoms with E-state index in [0.717, 1.165) is 16.1 Å². The maximum atomic E-state index is 12.1. The Hall–Kier alpha value is -2.66. The van der Waals surface area contributed by atoms with Gasteiger partial charge in [0, 0.05) is 17.7 Å². The van der Waals surface area contributed by atoms with Gasteiger partial charge in [0.1, 0.15) is 24.8 Å². The molecule has 12 heteroatoms. The van der Waals surface area contributed by atoms with E-state index < -0.39 is 27.3 Å². The fourth-order valence-electron chi connectivity index (χ4n) is 2.29. The van der Waals surface area contributed by atoms with Crippen LogP contribution in [0.5, 0.6) is 0 Å². The first-order valence-electron chi connectivity index (χ1n) is 7.62. The van der Waals surface area contributed by atoms with Gasteiger partial charge in [0.2, 0.25) is 0 Å². The van der Waals surface area contributed by atoms with Crippen LogP contribution >= 0.6 is 8.60 Å². The van der Waals surface area contributed by atoms with Crippen LogP contribution in [0.25, 0.3) is 11.3 Å². The number of rotatable bonds is 7. The molecule has 0 bridgehead atoms. The number of benzene rings is 1. The molecule has 5 N–H and O–H groups in total. The molecule has 1 aromatic heterocycles. The van der Waals surface area contributed by atoms with E-state index in [-0.39, 0.29) is 6.54 Å². The third kappa shape index (κ3) is 4.55. The number of amides is 3. The molecule has 0 saturated carbocycles. The van der Waals surface area contributed by atoms with Crippen LogP contribution in [0.2, 0.25) is 0 Å². The zero-order chi connectivity index (χ0) is 19.4. The number of hydrogen-bond donors (Lipinski definition) is 4. The van der Waals surface area contributed by atoms with Crippen molar-refractivity contribution >= 4 is 32.4 Å². The Morgan fingerprint density at radius 2 is 1.96 bits per heavy atom. The van der Waals surface area contributed by atoms with Crippen LogP contribution in [0.1, 0.15) is 5.76 Å². The molecule has 3 amide bonds. The van der Waals surface area contributed by atoms with Crippen LogP contribution in [0.4, 0.5) is 10.5 Å². The highest BCUT2D eigenvalue weighted by Crippen LogP contribution is 2.26. The summed E-state index contributed by atoms with van der Waals surface area (Å²) in [5.74, 6) is 0.362. The first-order chi connectivity index (χ1) is 13.0. The smallest absolute Gasteiger partial charge is 0.349 e. The predicted octanol–water partition coefficient (Wildman–Crippen LogP) is 0.314. The van der Waals surface area contributed by atoms with Crippen molar-refractivity contribution in [2.45, 2.75) is 0 Å². The number of hydrogen-bond acceptors (Lipinski definition) is 8. The lowest BCUT2D eigenvalue weighted by molar-refractivity contribution is -0.825. The highest BCUT2D eigenvalue weighted by Gasteiger charge is 2.36. The van der Waals surface area contributed by atoms with Crippen molar-refractivity contribution in [2.75, 3.05) is 13.3 Å². The topological polar surface area (TPSA) is 153 Å². The Kier molecular flexibility index (Phi) is 5.91. The Morgan fingerprint density at radius 1 is 1.22 bits per heavy atom. The summed E-state index contributed by atoms with van der Waals surface area (Å²) in [6.45, 7) is -0.852. The lowest BCUT2D eigenvalue weighted by Gasteiger charge is -2.13. The molecule has 0 radical (unpaired) electrons. The van der Waals surface area contributed by atoms with Gasteiger partial charge in [-0.2, -0.15) is 10.6 Å². The van der Waals surface area contributed by atoms with Gasteiger partial charge >= 0.3 is 14.6 Å². The van der Waals surface area contributed by atoms with Gasteiger partial charge in [0.05, 0.1) is 6.21 Å². The van der Waals surface area contributed by atoms with E-state index in [9.17, 15) is 9.59 Å². The second-order valence-electron chi connectivity index (χ2n) is 5.37. The number of nitrogens with zero attached hydrogens (tertiary/aromatic N) is 3. The van der Waals surface area contributed by atoms with Crippen LogP contribution in [0.3, 0.4) is 0 Å². The van der Waals surface area contributed by atoms with E-state index in [4.69, 9.17) is 19.4 Å². The summed E-state index contributed by atoms with van der Waals surface area (Å²) < 4.78 is 10.1. The predicted molar refractivity (Wildman–Crippen MR) is 91.4 cm³/mol. The SMILES string of the molecule is O=C1CN(/N=C/c2ccc(-c3ccc([NH2+]O)cc3)o2)C(=O)N1COP(O)O. The molecule has 0 spiro atoms. The molecule has 3 rings (SSSR count). The minimum Gasteiger partial charge on any atom is -0.455 e. The maximum Gasteiger partial charge on any atom is 0.349 e. The molecule has 1 aromatic carbocycles. The van der Waals surface area contributed by atoms with E-state index in [0.29, 0.717) is 22.1 Å². The van der Waals surface area contributed by atoms with E-state index in [1.807, 2.05) is 0 Å². The van der Waals surface area contributed by atoms with Crippen molar-refractivity contribution in [3.63, 3.8) is 0 Å². The Morgan fingerprint density at radius 3 is 2.63 bits per heavy atom.